The molecule has 0 unspecified atom stereocenters. The first-order valence-electron chi connectivity index (χ1n) is 6.14. The molecule has 0 spiro atoms. The number of hydrogen-bond acceptors (Lipinski definition) is 0. The molecular formula is C12H27FS. The van der Waals surface area contributed by atoms with E-state index in [0.29, 0.717) is 0 Å². The third-order valence-electron chi connectivity index (χ3n) is 2.59. The molecule has 0 rings (SSSR count). The lowest BCUT2D eigenvalue weighted by Crippen LogP contribution is -2.09. The van der Waals surface area contributed by atoms with E-state index in [4.69, 9.17) is 0 Å². The van der Waals surface area contributed by atoms with Crippen LogP contribution >= 0.6 is 10.4 Å². The predicted octanol–water partition coefficient (Wildman–Crippen LogP) is 5.08. The molecule has 0 aromatic carbocycles. The number of halogens is 1. The zero-order chi connectivity index (χ0) is 10.9. The average molecular weight is 222 g/mol. The van der Waals surface area contributed by atoms with Gasteiger partial charge in [-0.25, -0.2) is 0 Å². The van der Waals surface area contributed by atoms with Gasteiger partial charge in [-0.3, -0.25) is 0 Å². The van der Waals surface area contributed by atoms with Crippen LogP contribution in [0.5, 0.6) is 0 Å². The van der Waals surface area contributed by atoms with Crippen molar-refractivity contribution in [2.24, 2.45) is 0 Å². The summed E-state index contributed by atoms with van der Waals surface area (Å²) in [7, 11) is -1.73. The lowest BCUT2D eigenvalue weighted by atomic mass is 10.4. The van der Waals surface area contributed by atoms with E-state index in [1.807, 2.05) is 0 Å². The molecule has 0 aromatic rings. The van der Waals surface area contributed by atoms with Gasteiger partial charge in [-0.15, -0.1) is 0 Å². The smallest absolute Gasteiger partial charge is 0.00356 e. The largest absolute Gasteiger partial charge is 0.189 e. The number of hydrogen-bond donors (Lipinski definition) is 0. The summed E-state index contributed by atoms with van der Waals surface area (Å²) in [4.78, 5) is 0. The van der Waals surface area contributed by atoms with Crippen LogP contribution in [0.1, 0.15) is 59.3 Å². The van der Waals surface area contributed by atoms with Crippen molar-refractivity contribution in [1.82, 2.24) is 0 Å². The standard InChI is InChI=1S/C12H27FS/c1-4-7-10-14(13,11-8-5-2)12-9-6-3/h4-12H2,1-3H3. The maximum atomic E-state index is 14.4. The number of rotatable bonds is 9. The summed E-state index contributed by atoms with van der Waals surface area (Å²) >= 11 is 0. The van der Waals surface area contributed by atoms with Gasteiger partial charge in [-0.1, -0.05) is 50.4 Å². The zero-order valence-corrected chi connectivity index (χ0v) is 11.0. The van der Waals surface area contributed by atoms with E-state index in [2.05, 4.69) is 20.8 Å². The molecule has 0 bridgehead atoms. The van der Waals surface area contributed by atoms with Crippen molar-refractivity contribution in [3.05, 3.63) is 0 Å². The Hall–Kier alpha value is 0.280. The molecule has 0 heterocycles. The van der Waals surface area contributed by atoms with Gasteiger partial charge in [0.05, 0.1) is 0 Å². The van der Waals surface area contributed by atoms with E-state index in [-0.39, 0.29) is 0 Å². The molecule has 0 saturated heterocycles. The summed E-state index contributed by atoms with van der Waals surface area (Å²) in [5, 5.41) is 0. The Bertz CT molecular complexity index is 104. The molecule has 0 fully saturated rings. The van der Waals surface area contributed by atoms with Crippen LogP contribution in [0.15, 0.2) is 0 Å². The fraction of sp³-hybridized carbons (Fsp3) is 1.00. The zero-order valence-electron chi connectivity index (χ0n) is 10.2. The fourth-order valence-corrected chi connectivity index (χ4v) is 4.55. The van der Waals surface area contributed by atoms with Crippen LogP contribution in [-0.2, 0) is 0 Å². The SMILES string of the molecule is CCCCS(F)(CCCC)CCCC. The van der Waals surface area contributed by atoms with Crippen LogP contribution in [0.2, 0.25) is 0 Å². The summed E-state index contributed by atoms with van der Waals surface area (Å²) in [6.45, 7) is 6.46. The van der Waals surface area contributed by atoms with Crippen molar-refractivity contribution in [2.45, 2.75) is 59.3 Å². The average Bonchev–Trinajstić information content (AvgIpc) is 2.21. The second kappa shape index (κ2) is 8.58. The molecule has 14 heavy (non-hydrogen) atoms. The molecular weight excluding hydrogens is 195 g/mol. The summed E-state index contributed by atoms with van der Waals surface area (Å²) < 4.78 is 14.4. The highest BCUT2D eigenvalue weighted by Gasteiger charge is 2.20. The molecule has 0 atom stereocenters. The maximum absolute atomic E-state index is 14.4. The van der Waals surface area contributed by atoms with Crippen molar-refractivity contribution in [2.75, 3.05) is 17.3 Å². The maximum Gasteiger partial charge on any atom is 0.00356 e. The van der Waals surface area contributed by atoms with Gasteiger partial charge < -0.3 is 0 Å². The van der Waals surface area contributed by atoms with E-state index < -0.39 is 10.4 Å². The Morgan fingerprint density at radius 1 is 0.714 bits per heavy atom. The highest BCUT2D eigenvalue weighted by Crippen LogP contribution is 2.51. The predicted molar refractivity (Wildman–Crippen MR) is 68.0 cm³/mol. The Labute approximate surface area is 91.3 Å². The Balaban J connectivity index is 3.89. The minimum atomic E-state index is -1.73. The second-order valence-corrected chi connectivity index (χ2v) is 7.22. The van der Waals surface area contributed by atoms with E-state index in [0.717, 1.165) is 55.8 Å². The van der Waals surface area contributed by atoms with Gasteiger partial charge in [-0.05, 0) is 19.3 Å². The minimum Gasteiger partial charge on any atom is -0.189 e. The molecule has 0 radical (unpaired) electrons. The molecule has 0 aliphatic rings. The Morgan fingerprint density at radius 3 is 1.21 bits per heavy atom. The first-order valence-corrected chi connectivity index (χ1v) is 8.18. The molecule has 2 heteroatoms. The van der Waals surface area contributed by atoms with Crippen molar-refractivity contribution < 1.29 is 3.89 Å². The van der Waals surface area contributed by atoms with Gasteiger partial charge in [0, 0.05) is 17.3 Å². The lowest BCUT2D eigenvalue weighted by molar-refractivity contribution is 0.780. The van der Waals surface area contributed by atoms with Crippen molar-refractivity contribution >= 4 is 10.4 Å². The van der Waals surface area contributed by atoms with Gasteiger partial charge >= 0.3 is 0 Å². The van der Waals surface area contributed by atoms with Gasteiger partial charge in [-0.2, -0.15) is 3.89 Å². The molecule has 0 aliphatic heterocycles. The van der Waals surface area contributed by atoms with Crippen molar-refractivity contribution in [3.8, 4) is 0 Å². The highest BCUT2D eigenvalue weighted by molar-refractivity contribution is 8.29. The van der Waals surface area contributed by atoms with Crippen molar-refractivity contribution in [1.29, 1.82) is 0 Å². The molecule has 0 aromatic heterocycles. The third kappa shape index (κ3) is 6.69. The topological polar surface area (TPSA) is 0 Å². The van der Waals surface area contributed by atoms with Crippen LogP contribution in [-0.4, -0.2) is 17.3 Å². The fourth-order valence-electron chi connectivity index (χ4n) is 1.52. The summed E-state index contributed by atoms with van der Waals surface area (Å²) in [6.07, 6.45) is 6.66. The van der Waals surface area contributed by atoms with Crippen LogP contribution < -0.4 is 0 Å². The van der Waals surface area contributed by atoms with Gasteiger partial charge in [0.15, 0.2) is 0 Å². The van der Waals surface area contributed by atoms with E-state index in [1.54, 1.807) is 0 Å². The summed E-state index contributed by atoms with van der Waals surface area (Å²) in [5.41, 5.74) is 0. The molecule has 0 saturated carbocycles. The Kier molecular flexibility index (Phi) is 8.75. The Morgan fingerprint density at radius 2 is 1.00 bits per heavy atom. The van der Waals surface area contributed by atoms with Gasteiger partial charge in [0.2, 0.25) is 0 Å². The molecule has 0 amide bonds. The van der Waals surface area contributed by atoms with Crippen LogP contribution in [0, 0.1) is 0 Å². The van der Waals surface area contributed by atoms with Gasteiger partial charge in [0.1, 0.15) is 0 Å². The molecule has 88 valence electrons. The van der Waals surface area contributed by atoms with E-state index in [9.17, 15) is 3.89 Å². The van der Waals surface area contributed by atoms with E-state index >= 15 is 0 Å². The highest BCUT2D eigenvalue weighted by atomic mass is 32.3. The second-order valence-electron chi connectivity index (χ2n) is 4.11. The first kappa shape index (κ1) is 14.3. The normalized spacial score (nSPS) is 13.1. The quantitative estimate of drug-likeness (QED) is 0.510. The monoisotopic (exact) mass is 222 g/mol. The van der Waals surface area contributed by atoms with Crippen LogP contribution in [0.25, 0.3) is 0 Å². The number of unbranched alkanes of at least 4 members (excludes halogenated alkanes) is 3. The van der Waals surface area contributed by atoms with Crippen molar-refractivity contribution in [3.63, 3.8) is 0 Å². The molecule has 0 N–H and O–H groups in total. The third-order valence-corrected chi connectivity index (χ3v) is 5.65. The van der Waals surface area contributed by atoms with Crippen LogP contribution in [0.3, 0.4) is 0 Å². The summed E-state index contributed by atoms with van der Waals surface area (Å²) in [6, 6.07) is 0. The van der Waals surface area contributed by atoms with E-state index in [1.165, 1.54) is 0 Å². The summed E-state index contributed by atoms with van der Waals surface area (Å²) in [5.74, 6) is 2.59. The first-order chi connectivity index (χ1) is 6.68. The van der Waals surface area contributed by atoms with Gasteiger partial charge in [0.25, 0.3) is 0 Å². The minimum absolute atomic E-state index is 0.865. The molecule has 0 nitrogen and oxygen atoms in total. The van der Waals surface area contributed by atoms with Crippen LogP contribution in [0.4, 0.5) is 3.89 Å². The lowest BCUT2D eigenvalue weighted by Gasteiger charge is -2.30. The molecule has 0 aliphatic carbocycles.